The lowest BCUT2D eigenvalue weighted by atomic mass is 10.2. The van der Waals surface area contributed by atoms with E-state index in [2.05, 4.69) is 31.8 Å². The van der Waals surface area contributed by atoms with E-state index in [0.717, 1.165) is 38.3 Å². The summed E-state index contributed by atoms with van der Waals surface area (Å²) in [6, 6.07) is 7.32. The normalized spacial score (nSPS) is 17.6. The molecule has 1 aliphatic heterocycles. The first-order valence-electron chi connectivity index (χ1n) is 5.94. The van der Waals surface area contributed by atoms with Crippen molar-refractivity contribution in [2.75, 3.05) is 32.7 Å². The maximum absolute atomic E-state index is 13.1. The second kappa shape index (κ2) is 6.28. The Hall–Kier alpha value is -0.960. The van der Waals surface area contributed by atoms with Crippen molar-refractivity contribution in [3.63, 3.8) is 0 Å². The molecule has 0 saturated carbocycles. The Bertz CT molecular complexity index is 450. The maximum atomic E-state index is 13.1. The van der Waals surface area contributed by atoms with Gasteiger partial charge in [-0.15, -0.1) is 0 Å². The van der Waals surface area contributed by atoms with Gasteiger partial charge in [-0.3, -0.25) is 9.80 Å². The van der Waals surface area contributed by atoms with Crippen LogP contribution in [0.1, 0.15) is 5.56 Å². The van der Waals surface area contributed by atoms with Crippen molar-refractivity contribution in [3.8, 4) is 6.07 Å². The SMILES string of the molecule is N#CCN1CCN(Cc2ccc(F)c(Br)c2)CC1. The molecule has 0 unspecified atom stereocenters. The topological polar surface area (TPSA) is 30.3 Å². The van der Waals surface area contributed by atoms with Crippen molar-refractivity contribution >= 4 is 15.9 Å². The van der Waals surface area contributed by atoms with Crippen LogP contribution in [0.5, 0.6) is 0 Å². The first-order chi connectivity index (χ1) is 8.69. The van der Waals surface area contributed by atoms with Crippen molar-refractivity contribution in [1.29, 1.82) is 5.26 Å². The third-order valence-electron chi connectivity index (χ3n) is 3.15. The highest BCUT2D eigenvalue weighted by Gasteiger charge is 2.16. The largest absolute Gasteiger partial charge is 0.297 e. The van der Waals surface area contributed by atoms with Gasteiger partial charge in [0.05, 0.1) is 17.1 Å². The lowest BCUT2D eigenvalue weighted by Crippen LogP contribution is -2.45. The smallest absolute Gasteiger partial charge is 0.137 e. The molecule has 1 aromatic carbocycles. The number of halogens is 2. The molecule has 96 valence electrons. The fourth-order valence-electron chi connectivity index (χ4n) is 2.10. The van der Waals surface area contributed by atoms with E-state index in [-0.39, 0.29) is 5.82 Å². The number of hydrogen-bond donors (Lipinski definition) is 0. The predicted octanol–water partition coefficient (Wildman–Crippen LogP) is 2.23. The minimum absolute atomic E-state index is 0.224. The lowest BCUT2D eigenvalue weighted by molar-refractivity contribution is 0.138. The fraction of sp³-hybridized carbons (Fsp3) is 0.462. The molecule has 1 aromatic rings. The molecule has 18 heavy (non-hydrogen) atoms. The van der Waals surface area contributed by atoms with Crippen LogP contribution in [0.2, 0.25) is 0 Å². The molecule has 0 atom stereocenters. The zero-order valence-corrected chi connectivity index (χ0v) is 11.7. The molecule has 0 spiro atoms. The Labute approximate surface area is 115 Å². The van der Waals surface area contributed by atoms with E-state index in [0.29, 0.717) is 11.0 Å². The van der Waals surface area contributed by atoms with Crippen LogP contribution >= 0.6 is 15.9 Å². The van der Waals surface area contributed by atoms with Crippen LogP contribution in [0.15, 0.2) is 22.7 Å². The molecule has 0 aromatic heterocycles. The fourth-order valence-corrected chi connectivity index (χ4v) is 2.53. The summed E-state index contributed by atoms with van der Waals surface area (Å²) in [5, 5.41) is 8.63. The average molecular weight is 312 g/mol. The summed E-state index contributed by atoms with van der Waals surface area (Å²) in [5.74, 6) is -0.224. The number of rotatable bonds is 3. The van der Waals surface area contributed by atoms with Crippen molar-refractivity contribution in [2.45, 2.75) is 6.54 Å². The quantitative estimate of drug-likeness (QED) is 0.802. The molecular formula is C13H15BrFN3. The second-order valence-electron chi connectivity index (χ2n) is 4.46. The Morgan fingerprint density at radius 2 is 1.89 bits per heavy atom. The third kappa shape index (κ3) is 3.52. The number of nitrogens with zero attached hydrogens (tertiary/aromatic N) is 3. The van der Waals surface area contributed by atoms with Crippen molar-refractivity contribution in [2.24, 2.45) is 0 Å². The van der Waals surface area contributed by atoms with Gasteiger partial charge in [-0.05, 0) is 33.6 Å². The summed E-state index contributed by atoms with van der Waals surface area (Å²) in [7, 11) is 0. The van der Waals surface area contributed by atoms with E-state index >= 15 is 0 Å². The molecule has 3 nitrogen and oxygen atoms in total. The van der Waals surface area contributed by atoms with Crippen LogP contribution in [-0.4, -0.2) is 42.5 Å². The highest BCUT2D eigenvalue weighted by molar-refractivity contribution is 9.10. The van der Waals surface area contributed by atoms with Gasteiger partial charge in [0.1, 0.15) is 5.82 Å². The van der Waals surface area contributed by atoms with Crippen LogP contribution in [0, 0.1) is 17.1 Å². The van der Waals surface area contributed by atoms with Crippen LogP contribution < -0.4 is 0 Å². The van der Waals surface area contributed by atoms with E-state index in [9.17, 15) is 4.39 Å². The highest BCUT2D eigenvalue weighted by Crippen LogP contribution is 2.18. The number of hydrogen-bond acceptors (Lipinski definition) is 3. The van der Waals surface area contributed by atoms with Gasteiger partial charge in [0.2, 0.25) is 0 Å². The molecular weight excluding hydrogens is 297 g/mol. The minimum atomic E-state index is -0.224. The van der Waals surface area contributed by atoms with E-state index in [1.807, 2.05) is 12.1 Å². The minimum Gasteiger partial charge on any atom is -0.297 e. The zero-order valence-electron chi connectivity index (χ0n) is 10.1. The summed E-state index contributed by atoms with van der Waals surface area (Å²) in [5.41, 5.74) is 1.11. The molecule has 0 amide bonds. The summed E-state index contributed by atoms with van der Waals surface area (Å²) in [6.45, 7) is 5.11. The van der Waals surface area contributed by atoms with Gasteiger partial charge in [-0.25, -0.2) is 4.39 Å². The van der Waals surface area contributed by atoms with Crippen LogP contribution in [-0.2, 0) is 6.54 Å². The van der Waals surface area contributed by atoms with Crippen LogP contribution in [0.25, 0.3) is 0 Å². The van der Waals surface area contributed by atoms with E-state index in [1.54, 1.807) is 0 Å². The predicted molar refractivity (Wildman–Crippen MR) is 71.4 cm³/mol. The second-order valence-corrected chi connectivity index (χ2v) is 5.31. The van der Waals surface area contributed by atoms with Crippen LogP contribution in [0.3, 0.4) is 0 Å². The molecule has 0 aliphatic carbocycles. The van der Waals surface area contributed by atoms with Gasteiger partial charge >= 0.3 is 0 Å². The van der Waals surface area contributed by atoms with Gasteiger partial charge < -0.3 is 0 Å². The van der Waals surface area contributed by atoms with Gasteiger partial charge in [-0.2, -0.15) is 5.26 Å². The van der Waals surface area contributed by atoms with E-state index in [4.69, 9.17) is 5.26 Å². The first-order valence-corrected chi connectivity index (χ1v) is 6.74. The van der Waals surface area contributed by atoms with Gasteiger partial charge in [0.15, 0.2) is 0 Å². The van der Waals surface area contributed by atoms with Crippen LogP contribution in [0.4, 0.5) is 4.39 Å². The van der Waals surface area contributed by atoms with Crippen molar-refractivity contribution in [3.05, 3.63) is 34.1 Å². The molecule has 1 heterocycles. The summed E-state index contributed by atoms with van der Waals surface area (Å²) < 4.78 is 13.6. The Morgan fingerprint density at radius 3 is 2.50 bits per heavy atom. The van der Waals surface area contributed by atoms with E-state index < -0.39 is 0 Å². The molecule has 0 radical (unpaired) electrons. The standard InChI is InChI=1S/C13H15BrFN3/c14-12-9-11(1-2-13(12)15)10-18-7-5-17(4-3-16)6-8-18/h1-2,9H,4-8,10H2. The number of benzene rings is 1. The third-order valence-corrected chi connectivity index (χ3v) is 3.76. The molecule has 1 saturated heterocycles. The van der Waals surface area contributed by atoms with Gasteiger partial charge in [0, 0.05) is 32.7 Å². The monoisotopic (exact) mass is 311 g/mol. The lowest BCUT2D eigenvalue weighted by Gasteiger charge is -2.33. The van der Waals surface area contributed by atoms with Crippen molar-refractivity contribution < 1.29 is 4.39 Å². The summed E-state index contributed by atoms with van der Waals surface area (Å²) in [4.78, 5) is 4.48. The van der Waals surface area contributed by atoms with E-state index in [1.165, 1.54) is 6.07 Å². The summed E-state index contributed by atoms with van der Waals surface area (Å²) in [6.07, 6.45) is 0. The zero-order chi connectivity index (χ0) is 13.0. The number of piperazine rings is 1. The Balaban J connectivity index is 1.88. The highest BCUT2D eigenvalue weighted by atomic mass is 79.9. The molecule has 2 rings (SSSR count). The molecule has 1 aliphatic rings. The maximum Gasteiger partial charge on any atom is 0.137 e. The average Bonchev–Trinajstić information content (AvgIpc) is 2.37. The Morgan fingerprint density at radius 1 is 1.22 bits per heavy atom. The Kier molecular flexibility index (Phi) is 4.70. The molecule has 0 N–H and O–H groups in total. The molecule has 1 fully saturated rings. The molecule has 0 bridgehead atoms. The van der Waals surface area contributed by atoms with Gasteiger partial charge in [0.25, 0.3) is 0 Å². The first kappa shape index (κ1) is 13.5. The number of nitriles is 1. The van der Waals surface area contributed by atoms with Gasteiger partial charge in [-0.1, -0.05) is 6.07 Å². The summed E-state index contributed by atoms with van der Waals surface area (Å²) >= 11 is 3.20. The van der Waals surface area contributed by atoms with Crippen molar-refractivity contribution in [1.82, 2.24) is 9.80 Å². The molecule has 5 heteroatoms.